The number of benzene rings is 3. The molecular weight excluding hydrogens is 535 g/mol. The van der Waals surface area contributed by atoms with Crippen molar-refractivity contribution in [3.63, 3.8) is 0 Å². The lowest BCUT2D eigenvalue weighted by molar-refractivity contribution is -0.0589. The summed E-state index contributed by atoms with van der Waals surface area (Å²) in [5.74, 6) is 0.570. The lowest BCUT2D eigenvalue weighted by Crippen LogP contribution is -2.43. The second kappa shape index (κ2) is 13.7. The van der Waals surface area contributed by atoms with Crippen LogP contribution in [-0.2, 0) is 14.9 Å². The maximum atomic E-state index is 6.38. The van der Waals surface area contributed by atoms with E-state index in [0.717, 1.165) is 27.9 Å². The zero-order chi connectivity index (χ0) is 27.0. The molecule has 2 nitrogen and oxygen atoms in total. The van der Waals surface area contributed by atoms with Crippen molar-refractivity contribution in [3.05, 3.63) is 105 Å². The first kappa shape index (κ1) is 29.4. The van der Waals surface area contributed by atoms with Crippen LogP contribution in [-0.4, -0.2) is 26.9 Å². The fraction of sp³-hybridized carbons (Fsp3) is 0.455. The average molecular weight is 574 g/mol. The maximum Gasteiger partial charge on any atom is 0.0547 e. The van der Waals surface area contributed by atoms with Crippen molar-refractivity contribution in [1.82, 2.24) is 0 Å². The second-order valence-corrected chi connectivity index (χ2v) is 12.0. The minimum Gasteiger partial charge on any atom is -0.384 e. The molecule has 1 fully saturated rings. The van der Waals surface area contributed by atoms with Gasteiger partial charge in [0.15, 0.2) is 0 Å². The summed E-state index contributed by atoms with van der Waals surface area (Å²) >= 11 is 19.1. The molecule has 1 aliphatic carbocycles. The summed E-state index contributed by atoms with van der Waals surface area (Å²) in [4.78, 5) is 0. The number of hydrogen-bond donors (Lipinski definition) is 0. The Morgan fingerprint density at radius 2 is 1.11 bits per heavy atom. The van der Waals surface area contributed by atoms with Gasteiger partial charge in [0, 0.05) is 39.6 Å². The molecule has 0 saturated heterocycles. The van der Waals surface area contributed by atoms with Gasteiger partial charge in [-0.3, -0.25) is 0 Å². The molecule has 4 rings (SSSR count). The molecule has 0 bridgehead atoms. The Labute approximate surface area is 243 Å². The quantitative estimate of drug-likeness (QED) is 0.201. The van der Waals surface area contributed by atoms with Crippen molar-refractivity contribution in [2.45, 2.75) is 57.3 Å². The largest absolute Gasteiger partial charge is 0.384 e. The van der Waals surface area contributed by atoms with Gasteiger partial charge >= 0.3 is 0 Å². The first-order valence-corrected chi connectivity index (χ1v) is 14.9. The van der Waals surface area contributed by atoms with E-state index in [-0.39, 0.29) is 5.41 Å². The molecule has 5 heteroatoms. The van der Waals surface area contributed by atoms with Gasteiger partial charge in [-0.2, -0.15) is 0 Å². The molecule has 204 valence electrons. The van der Waals surface area contributed by atoms with Gasteiger partial charge in [-0.05, 0) is 91.6 Å². The van der Waals surface area contributed by atoms with Crippen LogP contribution in [0.15, 0.2) is 72.8 Å². The predicted octanol–water partition coefficient (Wildman–Crippen LogP) is 10.0. The number of hydrogen-bond acceptors (Lipinski definition) is 2. The highest BCUT2D eigenvalue weighted by molar-refractivity contribution is 6.31. The normalized spacial score (nSPS) is 16.3. The van der Waals surface area contributed by atoms with Crippen molar-refractivity contribution in [2.75, 3.05) is 26.9 Å². The van der Waals surface area contributed by atoms with Crippen molar-refractivity contribution >= 4 is 34.8 Å². The lowest BCUT2D eigenvalue weighted by atomic mass is 9.61. The highest BCUT2D eigenvalue weighted by atomic mass is 35.5. The van der Waals surface area contributed by atoms with Crippen LogP contribution in [0.3, 0.4) is 0 Å². The van der Waals surface area contributed by atoms with Gasteiger partial charge in [-0.25, -0.2) is 0 Å². The Morgan fingerprint density at radius 1 is 0.658 bits per heavy atom. The highest BCUT2D eigenvalue weighted by Crippen LogP contribution is 2.50. The summed E-state index contributed by atoms with van der Waals surface area (Å²) in [6.07, 6.45) is 8.17. The van der Waals surface area contributed by atoms with Gasteiger partial charge in [-0.1, -0.05) is 90.5 Å². The summed E-state index contributed by atoms with van der Waals surface area (Å²) in [6, 6.07) is 24.9. The van der Waals surface area contributed by atoms with Gasteiger partial charge in [0.25, 0.3) is 0 Å². The minimum atomic E-state index is -0.431. The smallest absolute Gasteiger partial charge is 0.0547 e. The Kier molecular flexibility index (Phi) is 10.6. The monoisotopic (exact) mass is 572 g/mol. The summed E-state index contributed by atoms with van der Waals surface area (Å²) in [5, 5.41) is 2.17. The molecule has 0 amide bonds. The van der Waals surface area contributed by atoms with Gasteiger partial charge in [0.1, 0.15) is 0 Å². The second-order valence-electron chi connectivity index (χ2n) is 10.7. The first-order valence-electron chi connectivity index (χ1n) is 13.8. The Balaban J connectivity index is 1.88. The van der Waals surface area contributed by atoms with E-state index in [9.17, 15) is 0 Å². The molecule has 0 aromatic heterocycles. The summed E-state index contributed by atoms with van der Waals surface area (Å²) in [7, 11) is 1.83. The van der Waals surface area contributed by atoms with Crippen molar-refractivity contribution in [3.8, 4) is 0 Å². The third-order valence-corrected chi connectivity index (χ3v) is 9.26. The molecule has 38 heavy (non-hydrogen) atoms. The highest BCUT2D eigenvalue weighted by Gasteiger charge is 2.44. The SMILES string of the molecule is CCOCC(CCC(c1ccc(Cl)cc1)(c1ccc(Cl)cc1)c1ccc(Cl)cc1)(COC)C1CCCCC1. The Bertz CT molecular complexity index is 1010. The van der Waals surface area contributed by atoms with E-state index >= 15 is 0 Å². The Morgan fingerprint density at radius 3 is 1.50 bits per heavy atom. The zero-order valence-corrected chi connectivity index (χ0v) is 24.8. The van der Waals surface area contributed by atoms with Gasteiger partial charge in [0.05, 0.1) is 13.2 Å². The van der Waals surface area contributed by atoms with Gasteiger partial charge in [-0.15, -0.1) is 0 Å². The average Bonchev–Trinajstić information content (AvgIpc) is 2.95. The molecule has 1 unspecified atom stereocenters. The van der Waals surface area contributed by atoms with Crippen LogP contribution in [0.1, 0.15) is 68.6 Å². The van der Waals surface area contributed by atoms with Crippen LogP contribution in [0.5, 0.6) is 0 Å². The van der Waals surface area contributed by atoms with Gasteiger partial charge < -0.3 is 9.47 Å². The summed E-state index contributed by atoms with van der Waals surface area (Å²) in [5.41, 5.74) is 3.08. The number of ether oxygens (including phenoxy) is 2. The first-order chi connectivity index (χ1) is 18.4. The summed E-state index contributed by atoms with van der Waals surface area (Å²) in [6.45, 7) is 4.18. The van der Waals surface area contributed by atoms with E-state index in [1.54, 1.807) is 0 Å². The molecule has 1 aliphatic rings. The topological polar surface area (TPSA) is 18.5 Å². The fourth-order valence-electron chi connectivity index (χ4n) is 6.51. The van der Waals surface area contributed by atoms with E-state index in [4.69, 9.17) is 44.3 Å². The van der Waals surface area contributed by atoms with E-state index in [2.05, 4.69) is 43.3 Å². The van der Waals surface area contributed by atoms with E-state index in [1.807, 2.05) is 43.5 Å². The summed E-state index contributed by atoms with van der Waals surface area (Å²) < 4.78 is 12.2. The van der Waals surface area contributed by atoms with Crippen LogP contribution >= 0.6 is 34.8 Å². The molecular formula is C33H39Cl3O2. The van der Waals surface area contributed by atoms with Crippen molar-refractivity contribution in [2.24, 2.45) is 11.3 Å². The molecule has 1 atom stereocenters. The van der Waals surface area contributed by atoms with Crippen LogP contribution in [0, 0.1) is 11.3 Å². The standard InChI is InChI=1S/C33H39Cl3O2/c1-3-38-24-32(23-37-2,25-7-5-4-6-8-25)21-22-33(26-9-15-29(34)16-10-26,27-11-17-30(35)18-12-27)28-13-19-31(36)20-14-28/h9-20,25H,3-8,21-24H2,1-2H3. The number of halogens is 3. The molecule has 0 spiro atoms. The van der Waals surface area contributed by atoms with Crippen LogP contribution in [0.2, 0.25) is 15.1 Å². The van der Waals surface area contributed by atoms with Crippen LogP contribution < -0.4 is 0 Å². The predicted molar refractivity (Wildman–Crippen MR) is 161 cm³/mol. The third kappa shape index (κ3) is 6.60. The molecule has 0 radical (unpaired) electrons. The Hall–Kier alpha value is -1.55. The minimum absolute atomic E-state index is 0.0678. The molecule has 0 N–H and O–H groups in total. The van der Waals surface area contributed by atoms with E-state index in [0.29, 0.717) is 25.7 Å². The molecule has 3 aromatic carbocycles. The number of rotatable bonds is 12. The number of methoxy groups -OCH3 is 1. The zero-order valence-electron chi connectivity index (χ0n) is 22.5. The van der Waals surface area contributed by atoms with Crippen LogP contribution in [0.4, 0.5) is 0 Å². The van der Waals surface area contributed by atoms with E-state index in [1.165, 1.54) is 48.8 Å². The fourth-order valence-corrected chi connectivity index (χ4v) is 6.88. The molecule has 0 aliphatic heterocycles. The third-order valence-electron chi connectivity index (χ3n) is 8.51. The lowest BCUT2D eigenvalue weighted by Gasteiger charge is -2.45. The molecule has 0 heterocycles. The van der Waals surface area contributed by atoms with Crippen molar-refractivity contribution in [1.29, 1.82) is 0 Å². The van der Waals surface area contributed by atoms with Crippen molar-refractivity contribution < 1.29 is 9.47 Å². The molecule has 1 saturated carbocycles. The van der Waals surface area contributed by atoms with Gasteiger partial charge in [0.2, 0.25) is 0 Å². The van der Waals surface area contributed by atoms with Crippen LogP contribution in [0.25, 0.3) is 0 Å². The van der Waals surface area contributed by atoms with E-state index < -0.39 is 5.41 Å². The maximum absolute atomic E-state index is 6.38. The molecule has 3 aromatic rings.